The normalized spacial score (nSPS) is 11.9. The molecule has 2 aromatic carbocycles. The minimum absolute atomic E-state index is 0.358. The Bertz CT molecular complexity index is 614. The first-order valence-electron chi connectivity index (χ1n) is 5.70. The molecule has 0 heterocycles. The van der Waals surface area contributed by atoms with Crippen LogP contribution in [0.5, 0.6) is 0 Å². The topological polar surface area (TPSA) is 23.8 Å². The van der Waals surface area contributed by atoms with E-state index < -0.39 is 5.92 Å². The van der Waals surface area contributed by atoms with Crippen LogP contribution >= 0.6 is 23.2 Å². The highest BCUT2D eigenvalue weighted by atomic mass is 35.5. The molecule has 1 unspecified atom stereocenters. The highest BCUT2D eigenvalue weighted by molar-refractivity contribution is 6.36. The third kappa shape index (κ3) is 3.26. The molecular formula is C15H10Cl2FN. The van der Waals surface area contributed by atoms with Gasteiger partial charge in [-0.1, -0.05) is 41.4 Å². The Hall–Kier alpha value is -1.56. The van der Waals surface area contributed by atoms with Crippen LogP contribution in [-0.2, 0) is 6.42 Å². The van der Waals surface area contributed by atoms with E-state index in [1.165, 1.54) is 12.1 Å². The van der Waals surface area contributed by atoms with Crippen LogP contribution in [0.4, 0.5) is 4.39 Å². The molecule has 1 nitrogen and oxygen atoms in total. The summed E-state index contributed by atoms with van der Waals surface area (Å²) in [6, 6.07) is 13.4. The van der Waals surface area contributed by atoms with E-state index in [4.69, 9.17) is 23.2 Å². The number of halogens is 3. The van der Waals surface area contributed by atoms with Crippen LogP contribution in [0.25, 0.3) is 0 Å². The highest BCUT2D eigenvalue weighted by Crippen LogP contribution is 2.30. The van der Waals surface area contributed by atoms with Crippen LogP contribution in [0.15, 0.2) is 42.5 Å². The van der Waals surface area contributed by atoms with Gasteiger partial charge in [-0.2, -0.15) is 5.26 Å². The first kappa shape index (κ1) is 13.9. The van der Waals surface area contributed by atoms with E-state index >= 15 is 0 Å². The molecule has 0 aromatic heterocycles. The summed E-state index contributed by atoms with van der Waals surface area (Å²) in [7, 11) is 0. The summed E-state index contributed by atoms with van der Waals surface area (Å²) in [6.07, 6.45) is 0.360. The second kappa shape index (κ2) is 6.06. The zero-order chi connectivity index (χ0) is 13.8. The van der Waals surface area contributed by atoms with Crippen molar-refractivity contribution in [2.75, 3.05) is 0 Å². The minimum atomic E-state index is -0.479. The average molecular weight is 294 g/mol. The van der Waals surface area contributed by atoms with E-state index in [9.17, 15) is 9.65 Å². The Morgan fingerprint density at radius 1 is 1.11 bits per heavy atom. The van der Waals surface area contributed by atoms with Crippen LogP contribution in [-0.4, -0.2) is 0 Å². The van der Waals surface area contributed by atoms with Crippen molar-refractivity contribution >= 4 is 23.2 Å². The molecule has 0 bridgehead atoms. The zero-order valence-electron chi connectivity index (χ0n) is 9.91. The van der Waals surface area contributed by atoms with Gasteiger partial charge in [-0.25, -0.2) is 4.39 Å². The molecule has 0 aliphatic rings. The summed E-state index contributed by atoms with van der Waals surface area (Å²) < 4.78 is 13.2. The van der Waals surface area contributed by atoms with Gasteiger partial charge in [0.15, 0.2) is 0 Å². The summed E-state index contributed by atoms with van der Waals surface area (Å²) in [4.78, 5) is 0. The molecule has 0 saturated carbocycles. The highest BCUT2D eigenvalue weighted by Gasteiger charge is 2.16. The fraction of sp³-hybridized carbons (Fsp3) is 0.133. The van der Waals surface area contributed by atoms with Gasteiger partial charge in [0.25, 0.3) is 0 Å². The summed E-state index contributed by atoms with van der Waals surface area (Å²) in [5, 5.41) is 10.3. The molecule has 0 N–H and O–H groups in total. The van der Waals surface area contributed by atoms with E-state index in [2.05, 4.69) is 6.07 Å². The maximum absolute atomic E-state index is 13.2. The SMILES string of the molecule is N#CC(Cc1c(Cl)cccc1Cl)c1cccc(F)c1. The number of nitrogens with zero attached hydrogens (tertiary/aromatic N) is 1. The second-order valence-electron chi connectivity index (χ2n) is 4.14. The number of benzene rings is 2. The van der Waals surface area contributed by atoms with Crippen LogP contribution in [0, 0.1) is 17.1 Å². The molecule has 0 amide bonds. The van der Waals surface area contributed by atoms with E-state index in [1.807, 2.05) is 0 Å². The first-order chi connectivity index (χ1) is 9.11. The minimum Gasteiger partial charge on any atom is -0.207 e. The standard InChI is InChI=1S/C15H10Cl2FN/c16-14-5-2-6-15(17)13(14)8-11(9-19)10-3-1-4-12(18)7-10/h1-7,11H,8H2. The van der Waals surface area contributed by atoms with Gasteiger partial charge in [-0.15, -0.1) is 0 Å². The molecule has 0 fully saturated rings. The largest absolute Gasteiger partial charge is 0.207 e. The summed E-state index contributed by atoms with van der Waals surface area (Å²) in [5.41, 5.74) is 1.33. The Morgan fingerprint density at radius 3 is 2.32 bits per heavy atom. The maximum Gasteiger partial charge on any atom is 0.123 e. The third-order valence-corrected chi connectivity index (χ3v) is 3.59. The quantitative estimate of drug-likeness (QED) is 0.783. The lowest BCUT2D eigenvalue weighted by molar-refractivity contribution is 0.623. The van der Waals surface area contributed by atoms with Crippen molar-refractivity contribution in [2.24, 2.45) is 0 Å². The number of hydrogen-bond acceptors (Lipinski definition) is 1. The monoisotopic (exact) mass is 293 g/mol. The van der Waals surface area contributed by atoms with Gasteiger partial charge in [0.2, 0.25) is 0 Å². The molecule has 0 radical (unpaired) electrons. The molecule has 96 valence electrons. The van der Waals surface area contributed by atoms with Gasteiger partial charge < -0.3 is 0 Å². The number of nitriles is 1. The van der Waals surface area contributed by atoms with Crippen LogP contribution in [0.1, 0.15) is 17.0 Å². The summed E-state index contributed by atoms with van der Waals surface area (Å²) in [5.74, 6) is -0.837. The van der Waals surface area contributed by atoms with Crippen molar-refractivity contribution in [2.45, 2.75) is 12.3 Å². The molecule has 2 rings (SSSR count). The van der Waals surface area contributed by atoms with Gasteiger partial charge in [0.1, 0.15) is 5.82 Å². The molecule has 1 atom stereocenters. The zero-order valence-corrected chi connectivity index (χ0v) is 11.4. The van der Waals surface area contributed by atoms with Gasteiger partial charge >= 0.3 is 0 Å². The fourth-order valence-corrected chi connectivity index (χ4v) is 2.44. The van der Waals surface area contributed by atoms with Gasteiger partial charge in [0, 0.05) is 10.0 Å². The lowest BCUT2D eigenvalue weighted by Gasteiger charge is -2.12. The van der Waals surface area contributed by atoms with Crippen molar-refractivity contribution in [1.29, 1.82) is 5.26 Å². The van der Waals surface area contributed by atoms with E-state index in [0.717, 1.165) is 0 Å². The summed E-state index contributed by atoms with van der Waals surface area (Å²) in [6.45, 7) is 0. The lowest BCUT2D eigenvalue weighted by atomic mass is 9.93. The maximum atomic E-state index is 13.2. The predicted molar refractivity (Wildman–Crippen MR) is 74.9 cm³/mol. The smallest absolute Gasteiger partial charge is 0.123 e. The van der Waals surface area contributed by atoms with E-state index in [0.29, 0.717) is 27.6 Å². The number of hydrogen-bond donors (Lipinski definition) is 0. The Kier molecular flexibility index (Phi) is 4.42. The van der Waals surface area contributed by atoms with E-state index in [-0.39, 0.29) is 5.82 Å². The van der Waals surface area contributed by atoms with Gasteiger partial charge in [0.05, 0.1) is 12.0 Å². The predicted octanol–water partition coefficient (Wildman–Crippen LogP) is 4.98. The summed E-state index contributed by atoms with van der Waals surface area (Å²) >= 11 is 12.2. The first-order valence-corrected chi connectivity index (χ1v) is 6.45. The third-order valence-electron chi connectivity index (χ3n) is 2.88. The molecule has 0 aliphatic carbocycles. The van der Waals surface area contributed by atoms with Crippen molar-refractivity contribution in [3.05, 3.63) is 69.5 Å². The molecule has 4 heteroatoms. The molecule has 0 aliphatic heterocycles. The fourth-order valence-electron chi connectivity index (χ4n) is 1.89. The van der Waals surface area contributed by atoms with Crippen LogP contribution in [0.3, 0.4) is 0 Å². The molecule has 0 spiro atoms. The van der Waals surface area contributed by atoms with Crippen molar-refractivity contribution in [3.8, 4) is 6.07 Å². The van der Waals surface area contributed by atoms with Gasteiger partial charge in [-0.05, 0) is 41.8 Å². The average Bonchev–Trinajstić information content (AvgIpc) is 2.38. The Morgan fingerprint density at radius 2 is 1.74 bits per heavy atom. The van der Waals surface area contributed by atoms with Crippen molar-refractivity contribution in [1.82, 2.24) is 0 Å². The van der Waals surface area contributed by atoms with Crippen LogP contribution < -0.4 is 0 Å². The molecular weight excluding hydrogens is 284 g/mol. The molecule has 0 saturated heterocycles. The molecule has 2 aromatic rings. The Labute approximate surface area is 121 Å². The van der Waals surface area contributed by atoms with Crippen molar-refractivity contribution in [3.63, 3.8) is 0 Å². The van der Waals surface area contributed by atoms with E-state index in [1.54, 1.807) is 30.3 Å². The Balaban J connectivity index is 2.33. The molecule has 19 heavy (non-hydrogen) atoms. The second-order valence-corrected chi connectivity index (χ2v) is 4.96. The number of rotatable bonds is 3. The van der Waals surface area contributed by atoms with Crippen molar-refractivity contribution < 1.29 is 4.39 Å². The van der Waals surface area contributed by atoms with Gasteiger partial charge in [-0.3, -0.25) is 0 Å². The van der Waals surface area contributed by atoms with Crippen LogP contribution in [0.2, 0.25) is 10.0 Å². The lowest BCUT2D eigenvalue weighted by Crippen LogP contribution is -2.02.